The molecule has 0 atom stereocenters. The van der Waals surface area contributed by atoms with Crippen LogP contribution in [0.5, 0.6) is 17.6 Å². The van der Waals surface area contributed by atoms with Gasteiger partial charge in [0.15, 0.2) is 6.29 Å². The molecule has 10 rings (SSSR count). The van der Waals surface area contributed by atoms with Crippen LogP contribution in [0.15, 0.2) is 213 Å². The molecule has 5 heterocycles. The SMILES string of the molecule is C.CCOP(=O)(Cc1ccc(NOO)cc1)OCC.CNc1ccc(/C=C/c2ccc(OCCOCCOCCF)nc2)cc1.Nc1ccc(/C=C/c2ccc(OCCOCCOCCF)nc2)cc1.O=Cc1ccc(Cl)nc1.O=[N+]([O-])c1ccc(/C=C/c2ccc(OCCOCCOCCF)nc2)cc1.OCCOCCOCCF.OONc1ccc(/C=C/c2ccc(Cl)nc2)cc1.[Cl][Sn][Cl]. The fraction of sp³-hybridized carbons (Fsp3) is 0.326. The Morgan fingerprint density at radius 3 is 0.971 bits per heavy atom. The molecule has 0 aliphatic carbocycles. The van der Waals surface area contributed by atoms with E-state index in [1.54, 1.807) is 111 Å². The molecule has 0 aliphatic heterocycles. The number of carbonyl (C=O) groups excluding carboxylic acids is 1. The second kappa shape index (κ2) is 82.8. The van der Waals surface area contributed by atoms with Crippen molar-refractivity contribution in [3.05, 3.63) is 289 Å². The molecular formula is C95H119Cl4F4N10O22PSn. The Morgan fingerprint density at radius 2 is 0.686 bits per heavy atom. The number of aliphatic hydroxyl groups excluding tert-OH is 1. The van der Waals surface area contributed by atoms with Crippen molar-refractivity contribution in [2.75, 3.05) is 201 Å². The summed E-state index contributed by atoms with van der Waals surface area (Å²) < 4.78 is 126. The summed E-state index contributed by atoms with van der Waals surface area (Å²) in [5.41, 5.74) is 22.7. The van der Waals surface area contributed by atoms with Crippen molar-refractivity contribution in [2.24, 2.45) is 0 Å². The third-order valence-corrected chi connectivity index (χ3v) is 18.8. The van der Waals surface area contributed by atoms with Gasteiger partial charge in [0.25, 0.3) is 5.69 Å². The van der Waals surface area contributed by atoms with Crippen molar-refractivity contribution in [1.82, 2.24) is 24.9 Å². The molecule has 0 saturated carbocycles. The summed E-state index contributed by atoms with van der Waals surface area (Å²) in [6, 6.07) is 54.3. The monoisotopic (exact) mass is 2120 g/mol. The maximum atomic E-state index is 12.3. The Labute approximate surface area is 824 Å². The van der Waals surface area contributed by atoms with Crippen LogP contribution in [0.4, 0.5) is 46.0 Å². The number of nitrogens with two attached hydrogens (primary N) is 1. The fourth-order valence-electron chi connectivity index (χ4n) is 9.89. The average Bonchev–Trinajstić information content (AvgIpc) is 0.868. The molecule has 0 spiro atoms. The molecule has 8 N–H and O–H groups in total. The van der Waals surface area contributed by atoms with Gasteiger partial charge >= 0.3 is 44.3 Å². The van der Waals surface area contributed by atoms with E-state index in [1.165, 1.54) is 18.3 Å². The first-order valence-electron chi connectivity index (χ1n) is 42.0. The van der Waals surface area contributed by atoms with Crippen molar-refractivity contribution in [1.29, 1.82) is 0 Å². The molecule has 0 fully saturated rings. The van der Waals surface area contributed by atoms with Gasteiger partial charge in [-0.25, -0.2) is 64.0 Å². The predicted molar refractivity (Wildman–Crippen MR) is 533 cm³/mol. The Hall–Kier alpha value is -10.2. The summed E-state index contributed by atoms with van der Waals surface area (Å²) in [6.07, 6.45) is 24.9. The van der Waals surface area contributed by atoms with Crippen LogP contribution in [0.25, 0.3) is 48.6 Å². The van der Waals surface area contributed by atoms with Crippen LogP contribution in [-0.2, 0) is 67.6 Å². The molecule has 42 heteroatoms. The molecular weight excluding hydrogens is 2000 g/mol. The fourth-order valence-corrected chi connectivity index (χ4v) is 11.8. The van der Waals surface area contributed by atoms with E-state index in [0.29, 0.717) is 157 Å². The zero-order chi connectivity index (χ0) is 98.8. The Kier molecular flexibility index (Phi) is 74.3. The Bertz CT molecular complexity index is 4810. The summed E-state index contributed by atoms with van der Waals surface area (Å²) in [5, 5.41) is 39.3. The van der Waals surface area contributed by atoms with E-state index in [1.807, 2.05) is 141 Å². The number of nitrogen functional groups attached to an aromatic ring is 1. The molecule has 0 aliphatic rings. The first-order chi connectivity index (χ1) is 66.3. The van der Waals surface area contributed by atoms with Gasteiger partial charge in [-0.2, -0.15) is 0 Å². The van der Waals surface area contributed by atoms with E-state index in [9.17, 15) is 37.0 Å². The number of aromatic nitrogens is 5. The van der Waals surface area contributed by atoms with Crippen LogP contribution >= 0.6 is 48.6 Å². The molecule has 10 aromatic rings. The van der Waals surface area contributed by atoms with Crippen molar-refractivity contribution >= 4 is 151 Å². The zero-order valence-corrected chi connectivity index (χ0v) is 82.1. The summed E-state index contributed by atoms with van der Waals surface area (Å²) in [4.78, 5) is 48.2. The first-order valence-corrected chi connectivity index (χ1v) is 51.7. The number of hydrogen-bond donors (Lipinski definition) is 7. The van der Waals surface area contributed by atoms with E-state index in [4.69, 9.17) is 124 Å². The molecule has 0 unspecified atom stereocenters. The van der Waals surface area contributed by atoms with E-state index < -0.39 is 58.1 Å². The minimum atomic E-state index is -3.07. The quantitative estimate of drug-likeness (QED) is 0.00178. The third-order valence-electron chi connectivity index (χ3n) is 16.3. The Morgan fingerprint density at radius 1 is 0.409 bits per heavy atom. The van der Waals surface area contributed by atoms with Crippen LogP contribution in [0, 0.1) is 10.1 Å². The number of carbonyl (C=O) groups is 1. The molecule has 32 nitrogen and oxygen atoms in total. The number of aliphatic hydroxyl groups is 1. The van der Waals surface area contributed by atoms with Gasteiger partial charge in [-0.1, -0.05) is 134 Å². The molecule has 5 aromatic heterocycles. The summed E-state index contributed by atoms with van der Waals surface area (Å²) in [6.45, 7) is 8.73. The number of halogens is 8. The van der Waals surface area contributed by atoms with E-state index in [0.717, 1.165) is 67.7 Å². The van der Waals surface area contributed by atoms with Gasteiger partial charge in [-0.05, 0) is 161 Å². The number of nitro groups is 1. The number of aldehydes is 1. The van der Waals surface area contributed by atoms with Gasteiger partial charge in [0.05, 0.1) is 148 Å². The summed E-state index contributed by atoms with van der Waals surface area (Å²) in [5.74, 6) is 1.58. The number of pyridine rings is 5. The van der Waals surface area contributed by atoms with Gasteiger partial charge in [0.2, 0.25) is 17.6 Å². The number of nitrogens with one attached hydrogen (secondary N) is 3. The molecule has 5 aromatic carbocycles. The first kappa shape index (κ1) is 123. The van der Waals surface area contributed by atoms with Gasteiger partial charge < -0.3 is 77.3 Å². The maximum absolute atomic E-state index is 12.3. The molecule has 137 heavy (non-hydrogen) atoms. The third kappa shape index (κ3) is 63.8. The predicted octanol–water partition coefficient (Wildman–Crippen LogP) is 20.6. The number of alkyl halides is 4. The standard InChI is InChI=1S/C20H25FN2O3.C19H21FN2O5.C19H23FN2O3.C13H11ClN2O2.C11H18NO5P.C6H4ClNO.C6H13FO3.CH4.2ClH.Sn/c1-22-19-7-4-17(5-8-19)2-3-18-6-9-20(23-16-18)26-15-14-25-13-12-24-11-10-21;20-9-10-25-11-12-26-13-14-27-19-8-5-17(15-21-19)2-1-16-3-6-18(7-4-16)22(23)24;20-9-10-23-11-12-24-13-14-25-19-8-5-17(15-22-19)2-1-16-3-6-18(21)7-4-16;14-13-8-5-11(9-15-13)2-1-10-3-6-12(7-4-10)16-18-17;1-3-15-18(14,16-4-2)9-10-5-7-11(8-6-10)12-17-13;7-6-2-1-5(4-9)3-8-6;7-1-3-9-5-6-10-4-2-8;;;;/h2-9,16,22H,10-15H2,1H3;1-8,15H,9-14H2;1-8,15H,9-14,21H2;1-9,16-17H;5-8,12-13H,3-4,9H2,1-2H3;1-4H;8H,1-6H2;1H4;2*1H;/q;;;;;;;;;;+2/p-2/b3-2+;3*2-1+;;;;;;;. The Balaban J connectivity index is 0.000000551. The second-order valence-corrected chi connectivity index (χ2v) is 33.3. The van der Waals surface area contributed by atoms with Gasteiger partial charge in [-0.15, -0.1) is 9.98 Å². The number of ether oxygens (including phenoxy) is 11. The summed E-state index contributed by atoms with van der Waals surface area (Å²) in [7, 11) is 8.69. The van der Waals surface area contributed by atoms with E-state index >= 15 is 0 Å². The number of nitrogens with zero attached hydrogens (tertiary/aromatic N) is 6. The number of benzene rings is 5. The minimum absolute atomic E-state index is 0. The van der Waals surface area contributed by atoms with Gasteiger partial charge in [0.1, 0.15) is 56.8 Å². The van der Waals surface area contributed by atoms with E-state index in [-0.39, 0.29) is 52.3 Å². The molecule has 0 amide bonds. The average molecular weight is 2120 g/mol. The van der Waals surface area contributed by atoms with Crippen molar-refractivity contribution in [2.45, 2.75) is 27.4 Å². The number of non-ortho nitro benzene ring substituents is 1. The van der Waals surface area contributed by atoms with Crippen LogP contribution < -0.4 is 36.2 Å². The van der Waals surface area contributed by atoms with Gasteiger partial charge in [0, 0.05) is 85.3 Å². The number of hydrogen-bond acceptors (Lipinski definition) is 31. The number of nitro benzene ring substituents is 1. The topological polar surface area (TPSA) is 403 Å². The van der Waals surface area contributed by atoms with Crippen LogP contribution in [0.3, 0.4) is 0 Å². The number of anilines is 4. The van der Waals surface area contributed by atoms with E-state index in [2.05, 4.69) is 63.3 Å². The molecule has 746 valence electrons. The van der Waals surface area contributed by atoms with Crippen molar-refractivity contribution < 1.29 is 119 Å². The zero-order valence-electron chi connectivity index (χ0n) is 75.3. The van der Waals surface area contributed by atoms with Crippen molar-refractivity contribution in [3.63, 3.8) is 0 Å². The second-order valence-electron chi connectivity index (χ2n) is 26.3. The molecule has 0 bridgehead atoms. The molecule has 0 saturated heterocycles. The van der Waals surface area contributed by atoms with Crippen molar-refractivity contribution in [3.8, 4) is 17.6 Å². The number of rotatable bonds is 55. The summed E-state index contributed by atoms with van der Waals surface area (Å²) >= 11 is 10.3. The van der Waals surface area contributed by atoms with Crippen LogP contribution in [0.2, 0.25) is 10.3 Å². The normalized spacial score (nSPS) is 10.7. The molecule has 2 radical (unpaired) electrons. The van der Waals surface area contributed by atoms with Crippen LogP contribution in [-0.4, -0.2) is 250 Å². The van der Waals surface area contributed by atoms with Crippen LogP contribution in [0.1, 0.15) is 81.7 Å². The van der Waals surface area contributed by atoms with Gasteiger partial charge in [-0.3, -0.25) is 19.5 Å².